The van der Waals surface area contributed by atoms with Crippen LogP contribution in [-0.4, -0.2) is 73.1 Å². The van der Waals surface area contributed by atoms with Crippen molar-refractivity contribution in [2.75, 3.05) is 39.3 Å². The first-order valence-corrected chi connectivity index (χ1v) is 8.72. The molecule has 1 saturated heterocycles. The lowest BCUT2D eigenvalue weighted by atomic mass is 10.1. The van der Waals surface area contributed by atoms with Crippen molar-refractivity contribution in [3.05, 3.63) is 24.3 Å². The molecule has 0 aliphatic carbocycles. The van der Waals surface area contributed by atoms with Gasteiger partial charge in [-0.2, -0.15) is 0 Å². The molecule has 7 heteroatoms. The topological polar surface area (TPSA) is 71.1 Å². The van der Waals surface area contributed by atoms with Gasteiger partial charge >= 0.3 is 0 Å². The number of benzene rings is 1. The Morgan fingerprint density at radius 3 is 2.40 bits per heavy atom. The number of hydrogen-bond acceptors (Lipinski definition) is 5. The first-order valence-electron chi connectivity index (χ1n) is 8.72. The molecule has 0 radical (unpaired) electrons. The maximum absolute atomic E-state index is 12.4. The summed E-state index contributed by atoms with van der Waals surface area (Å²) in [4.78, 5) is 27.8. The molecule has 0 aromatic heterocycles. The molecule has 2 amide bonds. The van der Waals surface area contributed by atoms with E-state index in [9.17, 15) is 9.59 Å². The van der Waals surface area contributed by atoms with Crippen molar-refractivity contribution < 1.29 is 19.1 Å². The first-order chi connectivity index (χ1) is 12.0. The molecule has 1 aromatic carbocycles. The maximum atomic E-state index is 12.4. The Labute approximate surface area is 147 Å². The molecule has 1 fully saturated rings. The first kappa shape index (κ1) is 17.5. The molecular formula is C18H25N3O4. The average molecular weight is 347 g/mol. The smallest absolute Gasteiger partial charge is 0.265 e. The van der Waals surface area contributed by atoms with E-state index in [1.807, 2.05) is 30.0 Å². The quantitative estimate of drug-likeness (QED) is 0.859. The van der Waals surface area contributed by atoms with Gasteiger partial charge in [0.05, 0.1) is 0 Å². The minimum atomic E-state index is -0.649. The van der Waals surface area contributed by atoms with E-state index >= 15 is 0 Å². The summed E-state index contributed by atoms with van der Waals surface area (Å²) in [5, 5.41) is 2.93. The molecule has 0 bridgehead atoms. The minimum absolute atomic E-state index is 0.122. The fourth-order valence-corrected chi connectivity index (χ4v) is 3.13. The lowest BCUT2D eigenvalue weighted by Crippen LogP contribution is -2.52. The Bertz CT molecular complexity index is 629. The van der Waals surface area contributed by atoms with Gasteiger partial charge in [-0.25, -0.2) is 0 Å². The van der Waals surface area contributed by atoms with Crippen LogP contribution in [0.25, 0.3) is 0 Å². The van der Waals surface area contributed by atoms with E-state index < -0.39 is 6.10 Å². The van der Waals surface area contributed by atoms with Gasteiger partial charge in [0.15, 0.2) is 11.5 Å². The maximum Gasteiger partial charge on any atom is 0.265 e. The lowest BCUT2D eigenvalue weighted by Gasteiger charge is -2.34. The van der Waals surface area contributed by atoms with Crippen LogP contribution in [0, 0.1) is 0 Å². The van der Waals surface area contributed by atoms with E-state index in [0.29, 0.717) is 18.0 Å². The Morgan fingerprint density at radius 1 is 1.12 bits per heavy atom. The number of hydrogen-bond donors (Lipinski definition) is 1. The van der Waals surface area contributed by atoms with Gasteiger partial charge in [-0.1, -0.05) is 12.1 Å². The van der Waals surface area contributed by atoms with Gasteiger partial charge in [0, 0.05) is 46.2 Å². The highest BCUT2D eigenvalue weighted by atomic mass is 16.6. The summed E-state index contributed by atoms with van der Waals surface area (Å²) in [6.07, 6.45) is -0.988. The van der Waals surface area contributed by atoms with Crippen LogP contribution in [-0.2, 0) is 9.59 Å². The zero-order valence-corrected chi connectivity index (χ0v) is 14.7. The molecule has 2 atom stereocenters. The van der Waals surface area contributed by atoms with Crippen molar-refractivity contribution in [3.63, 3.8) is 0 Å². The molecule has 136 valence electrons. The van der Waals surface area contributed by atoms with E-state index in [1.165, 1.54) is 0 Å². The third-order valence-electron chi connectivity index (χ3n) is 4.65. The van der Waals surface area contributed by atoms with E-state index in [1.54, 1.807) is 13.0 Å². The zero-order valence-electron chi connectivity index (χ0n) is 14.7. The van der Waals surface area contributed by atoms with E-state index in [4.69, 9.17) is 9.47 Å². The fourth-order valence-electron chi connectivity index (χ4n) is 3.13. The highest BCUT2D eigenvalue weighted by Gasteiger charge is 2.33. The predicted molar refractivity (Wildman–Crippen MR) is 92.7 cm³/mol. The monoisotopic (exact) mass is 347 g/mol. The minimum Gasteiger partial charge on any atom is -0.482 e. The molecule has 1 N–H and O–H groups in total. The number of amides is 2. The summed E-state index contributed by atoms with van der Waals surface area (Å²) in [6, 6.07) is 7.37. The summed E-state index contributed by atoms with van der Waals surface area (Å²) < 4.78 is 11.6. The standard InChI is InChI=1S/C18H25N3O4/c1-13-17(25-16-6-4-3-5-15(16)24-13)18(23)19-7-8-20-9-11-21(12-10-20)14(2)22/h3-6,13,17H,7-12H2,1-2H3,(H,19,23)/t13-,17+/m1/s1. The lowest BCUT2D eigenvalue weighted by molar-refractivity contribution is -0.133. The van der Waals surface area contributed by atoms with Crippen LogP contribution in [0.15, 0.2) is 24.3 Å². The zero-order chi connectivity index (χ0) is 17.8. The Morgan fingerprint density at radius 2 is 1.76 bits per heavy atom. The van der Waals surface area contributed by atoms with E-state index in [2.05, 4.69) is 10.2 Å². The van der Waals surface area contributed by atoms with E-state index in [0.717, 1.165) is 32.7 Å². The van der Waals surface area contributed by atoms with Gasteiger partial charge < -0.3 is 19.7 Å². The second-order valence-corrected chi connectivity index (χ2v) is 6.45. The third-order valence-corrected chi connectivity index (χ3v) is 4.65. The number of fused-ring (bicyclic) bond motifs is 1. The molecule has 0 unspecified atom stereocenters. The van der Waals surface area contributed by atoms with Crippen molar-refractivity contribution in [3.8, 4) is 11.5 Å². The summed E-state index contributed by atoms with van der Waals surface area (Å²) in [5.41, 5.74) is 0. The number of nitrogens with one attached hydrogen (secondary N) is 1. The van der Waals surface area contributed by atoms with Gasteiger partial charge in [-0.3, -0.25) is 14.5 Å². The second kappa shape index (κ2) is 7.74. The van der Waals surface area contributed by atoms with Crippen LogP contribution in [0.5, 0.6) is 11.5 Å². The Balaban J connectivity index is 1.43. The summed E-state index contributed by atoms with van der Waals surface area (Å²) in [6.45, 7) is 7.91. The summed E-state index contributed by atoms with van der Waals surface area (Å²) >= 11 is 0. The van der Waals surface area contributed by atoms with Crippen LogP contribution in [0.1, 0.15) is 13.8 Å². The van der Waals surface area contributed by atoms with Gasteiger partial charge in [-0.05, 0) is 19.1 Å². The molecule has 7 nitrogen and oxygen atoms in total. The highest BCUT2D eigenvalue weighted by Crippen LogP contribution is 2.33. The van der Waals surface area contributed by atoms with E-state index in [-0.39, 0.29) is 17.9 Å². The van der Waals surface area contributed by atoms with Crippen LogP contribution < -0.4 is 14.8 Å². The molecule has 1 aromatic rings. The largest absolute Gasteiger partial charge is 0.482 e. The number of carbonyl (C=O) groups is 2. The SMILES string of the molecule is CC(=O)N1CCN(CCNC(=O)[C@H]2Oc3ccccc3O[C@@H]2C)CC1. The fraction of sp³-hybridized carbons (Fsp3) is 0.556. The number of rotatable bonds is 4. The Hall–Kier alpha value is -2.28. The predicted octanol–water partition coefficient (Wildman–Crippen LogP) is 0.495. The number of carbonyl (C=O) groups excluding carboxylic acids is 2. The molecule has 0 spiro atoms. The Kier molecular flexibility index (Phi) is 5.43. The van der Waals surface area contributed by atoms with Gasteiger partial charge in [0.25, 0.3) is 5.91 Å². The van der Waals surface area contributed by atoms with Crippen LogP contribution in [0.4, 0.5) is 0 Å². The van der Waals surface area contributed by atoms with Crippen LogP contribution in [0.2, 0.25) is 0 Å². The van der Waals surface area contributed by atoms with Crippen molar-refractivity contribution in [2.45, 2.75) is 26.1 Å². The number of para-hydroxylation sites is 2. The number of nitrogens with zero attached hydrogens (tertiary/aromatic N) is 2. The number of piperazine rings is 1. The molecule has 2 aliphatic heterocycles. The normalized spacial score (nSPS) is 23.2. The molecule has 3 rings (SSSR count). The van der Waals surface area contributed by atoms with Gasteiger partial charge in [0.1, 0.15) is 6.10 Å². The molecular weight excluding hydrogens is 322 g/mol. The van der Waals surface area contributed by atoms with Gasteiger partial charge in [0.2, 0.25) is 12.0 Å². The summed E-state index contributed by atoms with van der Waals surface area (Å²) in [7, 11) is 0. The molecule has 2 aliphatic rings. The number of ether oxygens (including phenoxy) is 2. The van der Waals surface area contributed by atoms with Gasteiger partial charge in [-0.15, -0.1) is 0 Å². The molecule has 0 saturated carbocycles. The third kappa shape index (κ3) is 4.22. The molecule has 2 heterocycles. The highest BCUT2D eigenvalue weighted by molar-refractivity contribution is 5.82. The molecule has 25 heavy (non-hydrogen) atoms. The van der Waals surface area contributed by atoms with Crippen LogP contribution in [0.3, 0.4) is 0 Å². The van der Waals surface area contributed by atoms with Crippen LogP contribution >= 0.6 is 0 Å². The van der Waals surface area contributed by atoms with Crippen molar-refractivity contribution in [1.82, 2.24) is 15.1 Å². The van der Waals surface area contributed by atoms with Crippen molar-refractivity contribution in [2.24, 2.45) is 0 Å². The second-order valence-electron chi connectivity index (χ2n) is 6.45. The average Bonchev–Trinajstić information content (AvgIpc) is 2.61. The van der Waals surface area contributed by atoms with Crippen molar-refractivity contribution in [1.29, 1.82) is 0 Å². The van der Waals surface area contributed by atoms with Crippen molar-refractivity contribution >= 4 is 11.8 Å². The summed E-state index contributed by atoms with van der Waals surface area (Å²) in [5.74, 6) is 1.23.